The highest BCUT2D eigenvalue weighted by molar-refractivity contribution is 5.83. The van der Waals surface area contributed by atoms with E-state index in [1.807, 2.05) is 0 Å². The van der Waals surface area contributed by atoms with Gasteiger partial charge in [0.15, 0.2) is 0 Å². The maximum atomic E-state index is 10.6. The number of hydrogen-bond acceptors (Lipinski definition) is 3. The molecule has 22 heavy (non-hydrogen) atoms. The third-order valence-corrected chi connectivity index (χ3v) is 5.40. The molecule has 0 amide bonds. The average molecular weight is 300 g/mol. The van der Waals surface area contributed by atoms with E-state index in [-0.39, 0.29) is 11.7 Å². The van der Waals surface area contributed by atoms with Gasteiger partial charge in [0.05, 0.1) is 11.7 Å². The summed E-state index contributed by atoms with van der Waals surface area (Å²) in [4.78, 5) is 2.36. The first-order chi connectivity index (χ1) is 10.7. The highest BCUT2D eigenvalue weighted by atomic mass is 16.5. The molecule has 0 unspecified atom stereocenters. The van der Waals surface area contributed by atoms with E-state index >= 15 is 0 Å². The molecule has 2 saturated heterocycles. The monoisotopic (exact) mass is 300 g/mol. The van der Waals surface area contributed by atoms with Crippen molar-refractivity contribution in [3.63, 3.8) is 0 Å². The van der Waals surface area contributed by atoms with Crippen LogP contribution in [0.3, 0.4) is 0 Å². The van der Waals surface area contributed by atoms with E-state index in [0.717, 1.165) is 39.0 Å². The number of aliphatic hydroxyl groups is 1. The molecule has 0 bridgehead atoms. The molecule has 3 heterocycles. The average Bonchev–Trinajstić information content (AvgIpc) is 3.11. The number of rotatable bonds is 2. The van der Waals surface area contributed by atoms with Crippen molar-refractivity contribution in [2.45, 2.75) is 37.5 Å². The summed E-state index contributed by atoms with van der Waals surface area (Å²) in [5.74, 6) is 0. The quantitative estimate of drug-likeness (QED) is 0.925. The first kappa shape index (κ1) is 14.2. The van der Waals surface area contributed by atoms with E-state index in [1.165, 1.54) is 16.5 Å². The second-order valence-corrected chi connectivity index (χ2v) is 6.80. The summed E-state index contributed by atoms with van der Waals surface area (Å²) in [5, 5.41) is 11.9. The lowest BCUT2D eigenvalue weighted by atomic mass is 9.86. The van der Waals surface area contributed by atoms with Crippen LogP contribution in [0.1, 0.15) is 24.8 Å². The molecule has 2 aliphatic rings. The van der Waals surface area contributed by atoms with Gasteiger partial charge < -0.3 is 14.4 Å². The Kier molecular flexibility index (Phi) is 3.48. The lowest BCUT2D eigenvalue weighted by molar-refractivity contribution is -0.130. The Morgan fingerprint density at radius 2 is 2.18 bits per heavy atom. The number of aromatic nitrogens is 1. The maximum absolute atomic E-state index is 10.6. The molecule has 1 aromatic carbocycles. The molecule has 4 nitrogen and oxygen atoms in total. The highest BCUT2D eigenvalue weighted by Gasteiger charge is 2.45. The molecule has 0 radical (unpaired) electrons. The van der Waals surface area contributed by atoms with E-state index in [4.69, 9.17) is 4.74 Å². The van der Waals surface area contributed by atoms with Gasteiger partial charge in [0.2, 0.25) is 0 Å². The Hall–Kier alpha value is -1.36. The van der Waals surface area contributed by atoms with Crippen LogP contribution in [0.25, 0.3) is 10.9 Å². The van der Waals surface area contributed by atoms with Crippen LogP contribution in [0.2, 0.25) is 0 Å². The minimum Gasteiger partial charge on any atom is -0.389 e. The largest absolute Gasteiger partial charge is 0.389 e. The molecule has 2 aromatic rings. The Bertz CT molecular complexity index is 673. The van der Waals surface area contributed by atoms with Gasteiger partial charge in [0.1, 0.15) is 0 Å². The lowest BCUT2D eigenvalue weighted by Crippen LogP contribution is -2.54. The predicted octanol–water partition coefficient (Wildman–Crippen LogP) is 2.29. The molecule has 1 N–H and O–H groups in total. The van der Waals surface area contributed by atoms with Crippen LogP contribution in [0.5, 0.6) is 0 Å². The van der Waals surface area contributed by atoms with Crippen LogP contribution >= 0.6 is 0 Å². The number of ether oxygens (including phenoxy) is 1. The molecule has 118 valence electrons. The second kappa shape index (κ2) is 5.37. The van der Waals surface area contributed by atoms with Gasteiger partial charge in [0, 0.05) is 50.4 Å². The number of benzene rings is 1. The lowest BCUT2D eigenvalue weighted by Gasteiger charge is -2.42. The van der Waals surface area contributed by atoms with Crippen LogP contribution in [-0.2, 0) is 18.3 Å². The van der Waals surface area contributed by atoms with Gasteiger partial charge in [-0.3, -0.25) is 4.90 Å². The first-order valence-corrected chi connectivity index (χ1v) is 8.25. The molecule has 4 heteroatoms. The summed E-state index contributed by atoms with van der Waals surface area (Å²) in [5.41, 5.74) is 2.36. The van der Waals surface area contributed by atoms with Gasteiger partial charge in [-0.1, -0.05) is 18.2 Å². The second-order valence-electron chi connectivity index (χ2n) is 6.80. The van der Waals surface area contributed by atoms with Crippen molar-refractivity contribution < 1.29 is 9.84 Å². The molecule has 4 rings (SSSR count). The van der Waals surface area contributed by atoms with Crippen molar-refractivity contribution in [3.8, 4) is 0 Å². The minimum absolute atomic E-state index is 0.255. The van der Waals surface area contributed by atoms with Crippen molar-refractivity contribution in [1.29, 1.82) is 0 Å². The zero-order chi connectivity index (χ0) is 15.2. The summed E-state index contributed by atoms with van der Waals surface area (Å²) in [7, 11) is 2.10. The van der Waals surface area contributed by atoms with E-state index < -0.39 is 0 Å². The van der Waals surface area contributed by atoms with Crippen molar-refractivity contribution in [1.82, 2.24) is 9.47 Å². The maximum Gasteiger partial charge on any atom is 0.0965 e. The Balaban J connectivity index is 1.52. The fourth-order valence-electron chi connectivity index (χ4n) is 4.13. The van der Waals surface area contributed by atoms with Crippen molar-refractivity contribution in [2.24, 2.45) is 7.05 Å². The third-order valence-electron chi connectivity index (χ3n) is 5.40. The Morgan fingerprint density at radius 3 is 2.95 bits per heavy atom. The molecule has 1 spiro atoms. The van der Waals surface area contributed by atoms with Crippen molar-refractivity contribution >= 4 is 10.9 Å². The Labute approximate surface area is 131 Å². The fourth-order valence-corrected chi connectivity index (χ4v) is 4.13. The number of nitrogens with zero attached hydrogens (tertiary/aromatic N) is 2. The number of aryl methyl sites for hydroxylation is 1. The van der Waals surface area contributed by atoms with Gasteiger partial charge >= 0.3 is 0 Å². The number of hydrogen-bond donors (Lipinski definition) is 1. The van der Waals surface area contributed by atoms with E-state index in [2.05, 4.69) is 47.0 Å². The van der Waals surface area contributed by atoms with Crippen LogP contribution < -0.4 is 0 Å². The van der Waals surface area contributed by atoms with E-state index in [9.17, 15) is 5.11 Å². The smallest absolute Gasteiger partial charge is 0.0965 e. The number of likely N-dealkylation sites (tertiary alicyclic amines) is 1. The molecule has 0 saturated carbocycles. The number of fused-ring (bicyclic) bond motifs is 1. The zero-order valence-electron chi connectivity index (χ0n) is 13.2. The number of para-hydroxylation sites is 1. The number of β-amino-alcohol motifs (C(OH)–C–C–N with tert-alkyl or cyclic N) is 1. The molecule has 2 aliphatic heterocycles. The molecular weight excluding hydrogens is 276 g/mol. The molecule has 0 aliphatic carbocycles. The third kappa shape index (κ3) is 2.26. The molecule has 2 atom stereocenters. The minimum atomic E-state index is -0.362. The predicted molar refractivity (Wildman–Crippen MR) is 86.7 cm³/mol. The summed E-state index contributed by atoms with van der Waals surface area (Å²) in [6.07, 6.45) is 4.89. The Morgan fingerprint density at radius 1 is 1.32 bits per heavy atom. The normalized spacial score (nSPS) is 29.6. The molecule has 2 fully saturated rings. The number of aliphatic hydroxyl groups excluding tert-OH is 1. The standard InChI is InChI=1S/C18H24N2O2/c1-19-11-14(15-5-2-3-6-16(15)19)12-20-9-8-18(17(21)13-20)7-4-10-22-18/h2-3,5-6,11,17,21H,4,7-10,12-13H2,1H3/t17-,18-/m0/s1. The van der Waals surface area contributed by atoms with E-state index in [0.29, 0.717) is 6.54 Å². The van der Waals surface area contributed by atoms with Crippen LogP contribution in [0.15, 0.2) is 30.5 Å². The summed E-state index contributed by atoms with van der Waals surface area (Å²) < 4.78 is 8.07. The molecule has 1 aromatic heterocycles. The summed E-state index contributed by atoms with van der Waals surface area (Å²) >= 11 is 0. The van der Waals surface area contributed by atoms with Gasteiger partial charge in [-0.2, -0.15) is 0 Å². The topological polar surface area (TPSA) is 37.6 Å². The zero-order valence-corrected chi connectivity index (χ0v) is 13.2. The van der Waals surface area contributed by atoms with Gasteiger partial charge in [-0.05, 0) is 30.9 Å². The molecular formula is C18H24N2O2. The first-order valence-electron chi connectivity index (χ1n) is 8.25. The van der Waals surface area contributed by atoms with Crippen LogP contribution in [0.4, 0.5) is 0 Å². The van der Waals surface area contributed by atoms with E-state index in [1.54, 1.807) is 0 Å². The van der Waals surface area contributed by atoms with Crippen molar-refractivity contribution in [2.75, 3.05) is 19.7 Å². The fraction of sp³-hybridized carbons (Fsp3) is 0.556. The van der Waals surface area contributed by atoms with Gasteiger partial charge in [0.25, 0.3) is 0 Å². The van der Waals surface area contributed by atoms with Gasteiger partial charge in [-0.15, -0.1) is 0 Å². The van der Waals surface area contributed by atoms with Crippen LogP contribution in [0, 0.1) is 0 Å². The highest BCUT2D eigenvalue weighted by Crippen LogP contribution is 2.36. The number of piperidine rings is 1. The van der Waals surface area contributed by atoms with Gasteiger partial charge in [-0.25, -0.2) is 0 Å². The SMILES string of the molecule is Cn1cc(CN2CC[C@@]3(CCCO3)[C@@H](O)C2)c2ccccc21. The summed E-state index contributed by atoms with van der Waals surface area (Å²) in [6, 6.07) is 8.52. The summed E-state index contributed by atoms with van der Waals surface area (Å²) in [6.45, 7) is 3.42. The van der Waals surface area contributed by atoms with Crippen LogP contribution in [-0.4, -0.2) is 46.0 Å². The van der Waals surface area contributed by atoms with Crippen molar-refractivity contribution in [3.05, 3.63) is 36.0 Å².